The number of carbonyl (C=O) groups is 2. The fraction of sp³-hybridized carbons (Fsp3) is 0.857. The zero-order valence-electron chi connectivity index (χ0n) is 14.1. The Hall–Kier alpha value is -1.34. The molecule has 1 aliphatic rings. The Morgan fingerprint density at radius 3 is 2.24 bits per heavy atom. The number of likely N-dealkylation sites (N-methyl/N-ethyl adjacent to an activating group) is 1. The van der Waals surface area contributed by atoms with Crippen molar-refractivity contribution in [3.63, 3.8) is 0 Å². The van der Waals surface area contributed by atoms with Crippen molar-refractivity contribution in [2.24, 2.45) is 0 Å². The molecule has 0 bridgehead atoms. The molecule has 0 radical (unpaired) electrons. The first-order chi connectivity index (χ1) is 9.40. The van der Waals surface area contributed by atoms with E-state index in [1.807, 2.05) is 0 Å². The van der Waals surface area contributed by atoms with Crippen molar-refractivity contribution in [3.05, 3.63) is 0 Å². The molecule has 0 aromatic carbocycles. The van der Waals surface area contributed by atoms with E-state index in [0.29, 0.717) is 0 Å². The van der Waals surface area contributed by atoms with E-state index >= 15 is 0 Å². The van der Waals surface area contributed by atoms with Gasteiger partial charge in [0.05, 0.1) is 13.2 Å². The number of nitrogens with zero attached hydrogens (tertiary/aromatic N) is 2. The van der Waals surface area contributed by atoms with Crippen LogP contribution < -0.4 is 0 Å². The van der Waals surface area contributed by atoms with Gasteiger partial charge in [-0.3, -0.25) is 14.5 Å². The summed E-state index contributed by atoms with van der Waals surface area (Å²) in [6, 6.07) is -0.792. The molecule has 1 aliphatic heterocycles. The quantitative estimate of drug-likeness (QED) is 0.727. The van der Waals surface area contributed by atoms with Crippen LogP contribution >= 0.6 is 0 Å². The Morgan fingerprint density at radius 1 is 1.29 bits per heavy atom. The summed E-state index contributed by atoms with van der Waals surface area (Å²) in [7, 11) is 2.88. The highest BCUT2D eigenvalue weighted by Gasteiger charge is 2.53. The van der Waals surface area contributed by atoms with Gasteiger partial charge in [0, 0.05) is 7.05 Å². The summed E-state index contributed by atoms with van der Waals surface area (Å²) >= 11 is 0. The lowest BCUT2D eigenvalue weighted by Crippen LogP contribution is -2.55. The molecule has 0 saturated carbocycles. The lowest BCUT2D eigenvalue weighted by Gasteiger charge is -2.35. The third-order valence-corrected chi connectivity index (χ3v) is 3.20. The minimum atomic E-state index is -0.934. The molecule has 0 N–H and O–H groups in total. The van der Waals surface area contributed by atoms with E-state index in [1.54, 1.807) is 41.5 Å². The van der Waals surface area contributed by atoms with Gasteiger partial charge in [-0.1, -0.05) is 0 Å². The maximum Gasteiger partial charge on any atom is 0.413 e. The molecule has 2 unspecified atom stereocenters. The Morgan fingerprint density at radius 2 is 1.81 bits per heavy atom. The van der Waals surface area contributed by atoms with Crippen molar-refractivity contribution >= 4 is 12.0 Å². The molecular formula is C14H26N2O5. The lowest BCUT2D eigenvalue weighted by molar-refractivity contribution is -0.174. The SMILES string of the molecule is CON(C)C(=O)C1C(C)OC(C)(C)N1C(=O)OC(C)(C)C. The first kappa shape index (κ1) is 17.7. The summed E-state index contributed by atoms with van der Waals surface area (Å²) in [5, 5.41) is 1.09. The number of rotatable bonds is 2. The van der Waals surface area contributed by atoms with Gasteiger partial charge in [0.15, 0.2) is 0 Å². The summed E-state index contributed by atoms with van der Waals surface area (Å²) < 4.78 is 11.1. The fourth-order valence-corrected chi connectivity index (χ4v) is 2.35. The normalized spacial score (nSPS) is 24.9. The van der Waals surface area contributed by atoms with Gasteiger partial charge in [0.2, 0.25) is 0 Å². The Labute approximate surface area is 126 Å². The van der Waals surface area contributed by atoms with E-state index in [2.05, 4.69) is 0 Å². The average molecular weight is 302 g/mol. The number of hydrogen-bond acceptors (Lipinski definition) is 5. The van der Waals surface area contributed by atoms with Crippen LogP contribution in [-0.2, 0) is 19.1 Å². The van der Waals surface area contributed by atoms with Crippen molar-refractivity contribution in [2.45, 2.75) is 65.0 Å². The average Bonchev–Trinajstić information content (AvgIpc) is 2.54. The predicted molar refractivity (Wildman–Crippen MR) is 76.3 cm³/mol. The lowest BCUT2D eigenvalue weighted by atomic mass is 10.1. The molecule has 2 amide bonds. The topological polar surface area (TPSA) is 68.3 Å². The summed E-state index contributed by atoms with van der Waals surface area (Å²) in [4.78, 5) is 31.1. The fourth-order valence-electron chi connectivity index (χ4n) is 2.35. The van der Waals surface area contributed by atoms with Crippen LogP contribution in [0.1, 0.15) is 41.5 Å². The van der Waals surface area contributed by atoms with E-state index in [4.69, 9.17) is 14.3 Å². The highest BCUT2D eigenvalue weighted by atomic mass is 16.7. The van der Waals surface area contributed by atoms with Crippen LogP contribution in [0.3, 0.4) is 0 Å². The first-order valence-corrected chi connectivity index (χ1v) is 6.92. The van der Waals surface area contributed by atoms with Crippen LogP contribution in [-0.4, -0.2) is 59.6 Å². The van der Waals surface area contributed by atoms with Crippen LogP contribution in [0.4, 0.5) is 4.79 Å². The third kappa shape index (κ3) is 3.85. The number of carbonyl (C=O) groups excluding carboxylic acids is 2. The minimum Gasteiger partial charge on any atom is -0.444 e. The van der Waals surface area contributed by atoms with E-state index < -0.39 is 29.6 Å². The summed E-state index contributed by atoms with van der Waals surface area (Å²) in [5.41, 5.74) is -1.59. The molecule has 7 heteroatoms. The Balaban J connectivity index is 3.09. The molecule has 21 heavy (non-hydrogen) atoms. The molecule has 2 atom stereocenters. The standard InChI is InChI=1S/C14H26N2O5/c1-9-10(11(17)15(7)19-8)16(14(5,6)20-9)12(18)21-13(2,3)4/h9-10H,1-8H3. The molecule has 0 aromatic heterocycles. The van der Waals surface area contributed by atoms with Crippen molar-refractivity contribution in [3.8, 4) is 0 Å². The molecule has 1 fully saturated rings. The number of amides is 2. The Bertz CT molecular complexity index is 416. The molecule has 1 saturated heterocycles. The van der Waals surface area contributed by atoms with E-state index in [-0.39, 0.29) is 5.91 Å². The highest BCUT2D eigenvalue weighted by Crippen LogP contribution is 2.34. The van der Waals surface area contributed by atoms with Crippen LogP contribution in [0.15, 0.2) is 0 Å². The van der Waals surface area contributed by atoms with Gasteiger partial charge >= 0.3 is 6.09 Å². The van der Waals surface area contributed by atoms with E-state index in [0.717, 1.165) is 5.06 Å². The third-order valence-electron chi connectivity index (χ3n) is 3.20. The summed E-state index contributed by atoms with van der Waals surface area (Å²) in [6.07, 6.45) is -1.04. The minimum absolute atomic E-state index is 0.360. The van der Waals surface area contributed by atoms with Crippen molar-refractivity contribution in [1.29, 1.82) is 0 Å². The van der Waals surface area contributed by atoms with Gasteiger partial charge in [0.1, 0.15) is 17.4 Å². The predicted octanol–water partition coefficient (Wildman–Crippen LogP) is 1.77. The molecule has 0 aromatic rings. The largest absolute Gasteiger partial charge is 0.444 e. The van der Waals surface area contributed by atoms with Crippen molar-refractivity contribution < 1.29 is 23.9 Å². The molecule has 0 spiro atoms. The van der Waals surface area contributed by atoms with Gasteiger partial charge in [-0.2, -0.15) is 0 Å². The summed E-state index contributed by atoms with van der Waals surface area (Å²) in [5.74, 6) is -0.360. The van der Waals surface area contributed by atoms with E-state index in [1.165, 1.54) is 19.1 Å². The number of ether oxygens (including phenoxy) is 2. The molecule has 1 heterocycles. The molecular weight excluding hydrogens is 276 g/mol. The molecule has 7 nitrogen and oxygen atoms in total. The second-order valence-electron chi connectivity index (χ2n) is 6.58. The Kier molecular flexibility index (Phi) is 4.90. The highest BCUT2D eigenvalue weighted by molar-refractivity contribution is 5.86. The number of hydrogen-bond donors (Lipinski definition) is 0. The monoisotopic (exact) mass is 302 g/mol. The van der Waals surface area contributed by atoms with Crippen LogP contribution in [0.25, 0.3) is 0 Å². The molecule has 0 aliphatic carbocycles. The second kappa shape index (κ2) is 5.81. The van der Waals surface area contributed by atoms with Gasteiger partial charge in [0.25, 0.3) is 5.91 Å². The zero-order valence-corrected chi connectivity index (χ0v) is 14.1. The second-order valence-corrected chi connectivity index (χ2v) is 6.58. The van der Waals surface area contributed by atoms with Gasteiger partial charge in [-0.25, -0.2) is 9.86 Å². The number of hydroxylamine groups is 2. The van der Waals surface area contributed by atoms with E-state index in [9.17, 15) is 9.59 Å². The zero-order chi connectivity index (χ0) is 16.6. The van der Waals surface area contributed by atoms with Gasteiger partial charge in [-0.05, 0) is 41.5 Å². The van der Waals surface area contributed by atoms with Gasteiger partial charge in [-0.15, -0.1) is 0 Å². The van der Waals surface area contributed by atoms with Gasteiger partial charge < -0.3 is 9.47 Å². The molecule has 122 valence electrons. The van der Waals surface area contributed by atoms with Crippen molar-refractivity contribution in [1.82, 2.24) is 9.96 Å². The maximum atomic E-state index is 12.5. The maximum absolute atomic E-state index is 12.5. The summed E-state index contributed by atoms with van der Waals surface area (Å²) in [6.45, 7) is 10.5. The first-order valence-electron chi connectivity index (χ1n) is 6.92. The van der Waals surface area contributed by atoms with Crippen LogP contribution in [0.2, 0.25) is 0 Å². The van der Waals surface area contributed by atoms with Crippen molar-refractivity contribution in [2.75, 3.05) is 14.2 Å². The van der Waals surface area contributed by atoms with Crippen LogP contribution in [0, 0.1) is 0 Å². The smallest absolute Gasteiger partial charge is 0.413 e. The van der Waals surface area contributed by atoms with Crippen LogP contribution in [0.5, 0.6) is 0 Å². The molecule has 1 rings (SSSR count).